The zero-order valence-electron chi connectivity index (χ0n) is 13.0. The van der Waals surface area contributed by atoms with Crippen LogP contribution >= 0.6 is 36.2 Å². The Morgan fingerprint density at radius 3 is 2.57 bits per heavy atom. The normalized spacial score (nSPS) is 10.8. The first-order valence-electron chi connectivity index (χ1n) is 6.41. The second kappa shape index (κ2) is 10.3. The van der Waals surface area contributed by atoms with E-state index in [9.17, 15) is 4.79 Å². The lowest BCUT2D eigenvalue weighted by Gasteiger charge is -2.28. The van der Waals surface area contributed by atoms with Crippen LogP contribution in [0.2, 0.25) is 0 Å². The van der Waals surface area contributed by atoms with E-state index in [2.05, 4.69) is 29.0 Å². The molecule has 8 heteroatoms. The maximum atomic E-state index is 12.0. The average Bonchev–Trinajstić information content (AvgIpc) is 2.73. The molecule has 0 atom stereocenters. The van der Waals surface area contributed by atoms with E-state index in [0.29, 0.717) is 18.8 Å². The second-order valence-corrected chi connectivity index (χ2v) is 6.69. The monoisotopic (exact) mass is 356 g/mol. The predicted octanol–water partition coefficient (Wildman–Crippen LogP) is 1.81. The fourth-order valence-corrected chi connectivity index (χ4v) is 2.77. The van der Waals surface area contributed by atoms with Gasteiger partial charge in [0, 0.05) is 24.9 Å². The number of hydrogen-bond acceptors (Lipinski definition) is 5. The molecule has 0 saturated carbocycles. The third-order valence-electron chi connectivity index (χ3n) is 2.61. The van der Waals surface area contributed by atoms with Crippen molar-refractivity contribution in [2.45, 2.75) is 20.3 Å². The third kappa shape index (κ3) is 8.58. The fourth-order valence-electron chi connectivity index (χ4n) is 1.98. The second-order valence-electron chi connectivity index (χ2n) is 5.75. The molecule has 0 aliphatic carbocycles. The van der Waals surface area contributed by atoms with Gasteiger partial charge in [0.1, 0.15) is 5.69 Å². The number of carbonyl (C=O) groups is 1. The van der Waals surface area contributed by atoms with Crippen molar-refractivity contribution in [2.75, 3.05) is 33.7 Å². The van der Waals surface area contributed by atoms with Gasteiger partial charge in [0.05, 0.1) is 5.01 Å². The number of carbonyl (C=O) groups excluding carboxylic acids is 1. The Morgan fingerprint density at radius 2 is 2.05 bits per heavy atom. The van der Waals surface area contributed by atoms with Gasteiger partial charge < -0.3 is 16.0 Å². The topological polar surface area (TPSA) is 71.2 Å². The minimum atomic E-state index is -0.105. The van der Waals surface area contributed by atoms with Crippen molar-refractivity contribution in [1.82, 2.24) is 15.2 Å². The lowest BCUT2D eigenvalue weighted by atomic mass is 9.93. The first-order valence-corrected chi connectivity index (χ1v) is 7.29. The van der Waals surface area contributed by atoms with Crippen LogP contribution in [-0.4, -0.2) is 49.5 Å². The van der Waals surface area contributed by atoms with Gasteiger partial charge in [-0.2, -0.15) is 0 Å². The van der Waals surface area contributed by atoms with Crippen LogP contribution in [0.5, 0.6) is 0 Å². The molecule has 1 aromatic rings. The lowest BCUT2D eigenvalue weighted by Crippen LogP contribution is -2.40. The Kier molecular flexibility index (Phi) is 11.3. The van der Waals surface area contributed by atoms with Crippen LogP contribution in [0, 0.1) is 5.41 Å². The quantitative estimate of drug-likeness (QED) is 0.781. The van der Waals surface area contributed by atoms with Gasteiger partial charge in [-0.15, -0.1) is 36.2 Å². The maximum Gasteiger partial charge on any atom is 0.270 e. The van der Waals surface area contributed by atoms with E-state index in [4.69, 9.17) is 5.73 Å². The summed E-state index contributed by atoms with van der Waals surface area (Å²) in [6.45, 7) is 6.38. The SMILES string of the molecule is CN(C)CC(C)(C)CNC(=O)c1csc(CCN)n1.Cl.Cl. The van der Waals surface area contributed by atoms with Crippen LogP contribution in [0.25, 0.3) is 0 Å². The summed E-state index contributed by atoms with van der Waals surface area (Å²) in [5.74, 6) is -0.105. The van der Waals surface area contributed by atoms with Crippen LogP contribution in [0.4, 0.5) is 0 Å². The summed E-state index contributed by atoms with van der Waals surface area (Å²) < 4.78 is 0. The van der Waals surface area contributed by atoms with Crippen molar-refractivity contribution in [3.8, 4) is 0 Å². The largest absolute Gasteiger partial charge is 0.350 e. The van der Waals surface area contributed by atoms with Crippen LogP contribution in [0.15, 0.2) is 5.38 Å². The molecule has 1 aromatic heterocycles. The lowest BCUT2D eigenvalue weighted by molar-refractivity contribution is 0.0924. The zero-order valence-corrected chi connectivity index (χ0v) is 15.5. The van der Waals surface area contributed by atoms with Gasteiger partial charge in [0.2, 0.25) is 0 Å². The standard InChI is InChI=1S/C13H24N4OS.2ClH/c1-13(2,9-17(3)4)8-15-12(18)10-7-19-11(16-10)5-6-14;;/h7H,5-6,8-9,14H2,1-4H3,(H,15,18);2*1H. The van der Waals surface area contributed by atoms with E-state index in [1.807, 2.05) is 14.1 Å². The Balaban J connectivity index is 0. The Bertz CT molecular complexity index is 424. The van der Waals surface area contributed by atoms with Gasteiger partial charge in [-0.05, 0) is 26.1 Å². The molecule has 21 heavy (non-hydrogen) atoms. The molecule has 1 rings (SSSR count). The molecule has 0 radical (unpaired) electrons. The van der Waals surface area contributed by atoms with Crippen molar-refractivity contribution in [2.24, 2.45) is 11.1 Å². The number of halogens is 2. The molecule has 0 spiro atoms. The summed E-state index contributed by atoms with van der Waals surface area (Å²) in [5, 5.41) is 5.66. The van der Waals surface area contributed by atoms with Gasteiger partial charge in [0.15, 0.2) is 0 Å². The zero-order chi connectivity index (χ0) is 14.5. The molecule has 0 aliphatic rings. The smallest absolute Gasteiger partial charge is 0.270 e. The molecule has 3 N–H and O–H groups in total. The number of nitrogens with zero attached hydrogens (tertiary/aromatic N) is 2. The van der Waals surface area contributed by atoms with E-state index in [1.165, 1.54) is 11.3 Å². The highest BCUT2D eigenvalue weighted by Crippen LogP contribution is 2.15. The summed E-state index contributed by atoms with van der Waals surface area (Å²) in [7, 11) is 4.06. The number of hydrogen-bond donors (Lipinski definition) is 2. The van der Waals surface area contributed by atoms with E-state index < -0.39 is 0 Å². The molecular formula is C13H26Cl2N4OS. The first kappa shape index (κ1) is 22.9. The molecule has 5 nitrogen and oxygen atoms in total. The minimum absolute atomic E-state index is 0. The van der Waals surface area contributed by atoms with Gasteiger partial charge in [-0.1, -0.05) is 13.8 Å². The van der Waals surface area contributed by atoms with Gasteiger partial charge in [-0.25, -0.2) is 4.98 Å². The van der Waals surface area contributed by atoms with Crippen LogP contribution in [0.3, 0.4) is 0 Å². The summed E-state index contributed by atoms with van der Waals surface area (Å²) in [6, 6.07) is 0. The molecule has 0 aromatic carbocycles. The molecule has 0 bridgehead atoms. The highest BCUT2D eigenvalue weighted by atomic mass is 35.5. The Morgan fingerprint density at radius 1 is 1.43 bits per heavy atom. The van der Waals surface area contributed by atoms with Crippen molar-refractivity contribution >= 4 is 42.1 Å². The molecular weight excluding hydrogens is 331 g/mol. The van der Waals surface area contributed by atoms with Gasteiger partial charge in [-0.3, -0.25) is 4.79 Å². The highest BCUT2D eigenvalue weighted by Gasteiger charge is 2.20. The van der Waals surface area contributed by atoms with E-state index in [1.54, 1.807) is 5.38 Å². The summed E-state index contributed by atoms with van der Waals surface area (Å²) in [6.07, 6.45) is 0.726. The van der Waals surface area contributed by atoms with Gasteiger partial charge in [0.25, 0.3) is 5.91 Å². The summed E-state index contributed by atoms with van der Waals surface area (Å²) >= 11 is 1.49. The number of thiazole rings is 1. The van der Waals surface area contributed by atoms with Crippen molar-refractivity contribution in [1.29, 1.82) is 0 Å². The molecule has 0 saturated heterocycles. The van der Waals surface area contributed by atoms with E-state index >= 15 is 0 Å². The molecule has 0 fully saturated rings. The number of amides is 1. The highest BCUT2D eigenvalue weighted by molar-refractivity contribution is 7.09. The van der Waals surface area contributed by atoms with Crippen LogP contribution in [-0.2, 0) is 6.42 Å². The molecule has 124 valence electrons. The Hall–Kier alpha value is -0.400. The predicted molar refractivity (Wildman–Crippen MR) is 94.0 cm³/mol. The molecule has 1 amide bonds. The minimum Gasteiger partial charge on any atom is -0.350 e. The fraction of sp³-hybridized carbons (Fsp3) is 0.692. The molecule has 0 aliphatic heterocycles. The van der Waals surface area contributed by atoms with E-state index in [0.717, 1.165) is 18.0 Å². The number of aromatic nitrogens is 1. The number of nitrogens with two attached hydrogens (primary N) is 1. The summed E-state index contributed by atoms with van der Waals surface area (Å²) in [4.78, 5) is 18.4. The van der Waals surface area contributed by atoms with Crippen LogP contribution < -0.4 is 11.1 Å². The molecule has 1 heterocycles. The number of nitrogens with one attached hydrogen (secondary N) is 1. The van der Waals surface area contributed by atoms with Gasteiger partial charge >= 0.3 is 0 Å². The third-order valence-corrected chi connectivity index (χ3v) is 3.52. The van der Waals surface area contributed by atoms with Crippen molar-refractivity contribution < 1.29 is 4.79 Å². The van der Waals surface area contributed by atoms with Crippen LogP contribution in [0.1, 0.15) is 29.3 Å². The molecule has 0 unspecified atom stereocenters. The Labute approximate surface area is 143 Å². The van der Waals surface area contributed by atoms with E-state index in [-0.39, 0.29) is 36.1 Å². The number of rotatable bonds is 7. The summed E-state index contributed by atoms with van der Waals surface area (Å²) in [5.41, 5.74) is 6.00. The maximum absolute atomic E-state index is 12.0. The first-order chi connectivity index (χ1) is 8.84. The average molecular weight is 357 g/mol. The van der Waals surface area contributed by atoms with Crippen molar-refractivity contribution in [3.63, 3.8) is 0 Å². The van der Waals surface area contributed by atoms with Crippen molar-refractivity contribution in [3.05, 3.63) is 16.1 Å².